The Bertz CT molecular complexity index is 325. The quantitative estimate of drug-likeness (QED) is 0.672. The molecule has 1 aromatic heterocycles. The zero-order valence-electron chi connectivity index (χ0n) is 6.90. The molecule has 4 nitrogen and oxygen atoms in total. The molecular formula is C8H8ClN3O. The first-order valence-corrected chi connectivity index (χ1v) is 4.38. The third-order valence-electron chi connectivity index (χ3n) is 1.92. The maximum atomic E-state index is 11.0. The maximum absolute atomic E-state index is 11.0. The molecule has 2 heterocycles. The van der Waals surface area contributed by atoms with Crippen molar-refractivity contribution in [3.8, 4) is 0 Å². The van der Waals surface area contributed by atoms with E-state index in [0.29, 0.717) is 30.5 Å². The normalized spacial score (nSPS) is 16.7. The van der Waals surface area contributed by atoms with Crippen molar-refractivity contribution in [2.24, 2.45) is 0 Å². The lowest BCUT2D eigenvalue weighted by Crippen LogP contribution is -2.21. The van der Waals surface area contributed by atoms with E-state index in [1.165, 1.54) is 12.4 Å². The SMILES string of the molecule is O=C1CCN(c2ncc(Cl)cn2)C1. The Morgan fingerprint density at radius 2 is 2.08 bits per heavy atom. The number of carbonyl (C=O) groups excluding carboxylic acids is 1. The van der Waals surface area contributed by atoms with Crippen LogP contribution < -0.4 is 4.90 Å². The van der Waals surface area contributed by atoms with Crippen LogP contribution >= 0.6 is 11.6 Å². The summed E-state index contributed by atoms with van der Waals surface area (Å²) in [6, 6.07) is 0. The fraction of sp³-hybridized carbons (Fsp3) is 0.375. The van der Waals surface area contributed by atoms with Crippen molar-refractivity contribution in [3.05, 3.63) is 17.4 Å². The number of halogens is 1. The first-order chi connectivity index (χ1) is 6.25. The zero-order valence-corrected chi connectivity index (χ0v) is 7.66. The summed E-state index contributed by atoms with van der Waals surface area (Å²) in [7, 11) is 0. The molecule has 0 bridgehead atoms. The fourth-order valence-corrected chi connectivity index (χ4v) is 1.37. The molecule has 0 spiro atoms. The van der Waals surface area contributed by atoms with E-state index in [2.05, 4.69) is 9.97 Å². The molecule has 13 heavy (non-hydrogen) atoms. The minimum atomic E-state index is 0.235. The van der Waals surface area contributed by atoms with Gasteiger partial charge in [-0.05, 0) is 0 Å². The minimum absolute atomic E-state index is 0.235. The van der Waals surface area contributed by atoms with Gasteiger partial charge in [0.25, 0.3) is 0 Å². The number of nitrogens with zero attached hydrogens (tertiary/aromatic N) is 3. The number of aromatic nitrogens is 2. The summed E-state index contributed by atoms with van der Waals surface area (Å²) >= 11 is 5.64. The summed E-state index contributed by atoms with van der Waals surface area (Å²) in [6.07, 6.45) is 3.66. The van der Waals surface area contributed by atoms with E-state index in [-0.39, 0.29) is 5.78 Å². The summed E-state index contributed by atoms with van der Waals surface area (Å²) in [5.41, 5.74) is 0. The lowest BCUT2D eigenvalue weighted by Gasteiger charge is -2.12. The summed E-state index contributed by atoms with van der Waals surface area (Å²) in [4.78, 5) is 20.9. The lowest BCUT2D eigenvalue weighted by atomic mass is 10.4. The van der Waals surface area contributed by atoms with Crippen molar-refractivity contribution in [2.45, 2.75) is 6.42 Å². The first kappa shape index (κ1) is 8.44. The third kappa shape index (κ3) is 1.78. The van der Waals surface area contributed by atoms with Crippen LogP contribution in [0, 0.1) is 0 Å². The van der Waals surface area contributed by atoms with E-state index in [0.717, 1.165) is 0 Å². The summed E-state index contributed by atoms with van der Waals surface area (Å²) in [5, 5.41) is 0.509. The Morgan fingerprint density at radius 3 is 2.62 bits per heavy atom. The molecule has 0 saturated carbocycles. The van der Waals surface area contributed by atoms with Crippen LogP contribution in [0.25, 0.3) is 0 Å². The molecule has 1 aromatic rings. The van der Waals surface area contributed by atoms with Crippen molar-refractivity contribution in [2.75, 3.05) is 18.0 Å². The zero-order chi connectivity index (χ0) is 9.26. The average molecular weight is 198 g/mol. The van der Waals surface area contributed by atoms with E-state index in [1.54, 1.807) is 0 Å². The van der Waals surface area contributed by atoms with Crippen LogP contribution in [0.2, 0.25) is 5.02 Å². The van der Waals surface area contributed by atoms with Gasteiger partial charge >= 0.3 is 0 Å². The summed E-state index contributed by atoms with van der Waals surface area (Å²) in [5.74, 6) is 0.814. The van der Waals surface area contributed by atoms with E-state index in [9.17, 15) is 4.79 Å². The fourth-order valence-electron chi connectivity index (χ4n) is 1.27. The minimum Gasteiger partial charge on any atom is -0.333 e. The van der Waals surface area contributed by atoms with Crippen LogP contribution in [-0.2, 0) is 4.79 Å². The van der Waals surface area contributed by atoms with Gasteiger partial charge in [0, 0.05) is 13.0 Å². The Labute approximate surface area is 80.5 Å². The largest absolute Gasteiger partial charge is 0.333 e. The van der Waals surface area contributed by atoms with E-state index in [4.69, 9.17) is 11.6 Å². The highest BCUT2D eigenvalue weighted by atomic mass is 35.5. The predicted molar refractivity (Wildman–Crippen MR) is 48.9 cm³/mol. The van der Waals surface area contributed by atoms with Gasteiger partial charge in [-0.25, -0.2) is 9.97 Å². The smallest absolute Gasteiger partial charge is 0.225 e. The van der Waals surface area contributed by atoms with Gasteiger partial charge < -0.3 is 4.90 Å². The number of rotatable bonds is 1. The second-order valence-electron chi connectivity index (χ2n) is 2.91. The van der Waals surface area contributed by atoms with Crippen molar-refractivity contribution in [1.29, 1.82) is 0 Å². The molecule has 0 radical (unpaired) electrons. The molecule has 0 aliphatic carbocycles. The van der Waals surface area contributed by atoms with Gasteiger partial charge in [-0.15, -0.1) is 0 Å². The average Bonchev–Trinajstić information content (AvgIpc) is 2.53. The van der Waals surface area contributed by atoms with Gasteiger partial charge in [0.2, 0.25) is 5.95 Å². The Morgan fingerprint density at radius 1 is 1.38 bits per heavy atom. The Kier molecular flexibility index (Phi) is 2.14. The van der Waals surface area contributed by atoms with E-state index < -0.39 is 0 Å². The van der Waals surface area contributed by atoms with E-state index >= 15 is 0 Å². The number of hydrogen-bond donors (Lipinski definition) is 0. The lowest BCUT2D eigenvalue weighted by molar-refractivity contribution is -0.116. The third-order valence-corrected chi connectivity index (χ3v) is 2.11. The summed E-state index contributed by atoms with van der Waals surface area (Å²) < 4.78 is 0. The van der Waals surface area contributed by atoms with Crippen LogP contribution in [0.3, 0.4) is 0 Å². The van der Waals surface area contributed by atoms with Crippen molar-refractivity contribution < 1.29 is 4.79 Å². The first-order valence-electron chi connectivity index (χ1n) is 4.00. The molecule has 0 amide bonds. The molecule has 1 aliphatic heterocycles. The molecule has 1 saturated heterocycles. The van der Waals surface area contributed by atoms with Crippen LogP contribution in [-0.4, -0.2) is 28.8 Å². The molecule has 5 heteroatoms. The molecule has 0 aromatic carbocycles. The van der Waals surface area contributed by atoms with Gasteiger partial charge in [-0.3, -0.25) is 4.79 Å². The van der Waals surface area contributed by atoms with Gasteiger partial charge in [-0.2, -0.15) is 0 Å². The summed E-state index contributed by atoms with van der Waals surface area (Å²) in [6.45, 7) is 1.13. The van der Waals surface area contributed by atoms with Gasteiger partial charge in [0.05, 0.1) is 24.0 Å². The highest BCUT2D eigenvalue weighted by molar-refractivity contribution is 6.30. The van der Waals surface area contributed by atoms with Crippen LogP contribution in [0.15, 0.2) is 12.4 Å². The predicted octanol–water partition coefficient (Wildman–Crippen LogP) is 0.909. The van der Waals surface area contributed by atoms with E-state index in [1.807, 2.05) is 4.90 Å². The number of hydrogen-bond acceptors (Lipinski definition) is 4. The second-order valence-corrected chi connectivity index (χ2v) is 3.35. The molecule has 0 N–H and O–H groups in total. The highest BCUT2D eigenvalue weighted by Crippen LogP contribution is 2.14. The topological polar surface area (TPSA) is 46.1 Å². The van der Waals surface area contributed by atoms with Crippen LogP contribution in [0.4, 0.5) is 5.95 Å². The van der Waals surface area contributed by atoms with Gasteiger partial charge in [0.15, 0.2) is 5.78 Å². The van der Waals surface area contributed by atoms with Crippen LogP contribution in [0.1, 0.15) is 6.42 Å². The van der Waals surface area contributed by atoms with Gasteiger partial charge in [0.1, 0.15) is 0 Å². The number of Topliss-reactive ketones (excluding diaryl/α,β-unsaturated/α-hetero) is 1. The molecule has 1 aliphatic rings. The Balaban J connectivity index is 2.17. The molecule has 68 valence electrons. The van der Waals surface area contributed by atoms with Crippen molar-refractivity contribution in [3.63, 3.8) is 0 Å². The molecule has 1 fully saturated rings. The highest BCUT2D eigenvalue weighted by Gasteiger charge is 2.20. The van der Waals surface area contributed by atoms with Crippen molar-refractivity contribution in [1.82, 2.24) is 9.97 Å². The molecular weight excluding hydrogens is 190 g/mol. The van der Waals surface area contributed by atoms with Crippen LogP contribution in [0.5, 0.6) is 0 Å². The van der Waals surface area contributed by atoms with Crippen molar-refractivity contribution >= 4 is 23.3 Å². The standard InChI is InChI=1S/C8H8ClN3O/c9-6-3-10-8(11-4-6)12-2-1-7(13)5-12/h3-4H,1-2,5H2. The number of ketones is 1. The number of carbonyl (C=O) groups is 1. The number of anilines is 1. The molecule has 0 atom stereocenters. The molecule has 0 unspecified atom stereocenters. The van der Waals surface area contributed by atoms with Gasteiger partial charge in [-0.1, -0.05) is 11.6 Å². The second kappa shape index (κ2) is 3.30. The Hall–Kier alpha value is -1.16. The maximum Gasteiger partial charge on any atom is 0.225 e. The monoisotopic (exact) mass is 197 g/mol. The molecule has 2 rings (SSSR count).